The molecule has 0 saturated heterocycles. The number of carbonyl (C=O) groups excluding carboxylic acids is 1. The van der Waals surface area contributed by atoms with Gasteiger partial charge in [-0.25, -0.2) is 18.6 Å². The van der Waals surface area contributed by atoms with E-state index in [1.807, 2.05) is 14.1 Å². The van der Waals surface area contributed by atoms with Crippen LogP contribution in [0.15, 0.2) is 18.2 Å². The van der Waals surface area contributed by atoms with E-state index in [9.17, 15) is 13.6 Å². The van der Waals surface area contributed by atoms with Crippen LogP contribution >= 0.6 is 0 Å². The van der Waals surface area contributed by atoms with Crippen molar-refractivity contribution in [1.29, 1.82) is 0 Å². The van der Waals surface area contributed by atoms with Crippen molar-refractivity contribution >= 4 is 23.5 Å². The van der Waals surface area contributed by atoms with Gasteiger partial charge in [-0.1, -0.05) is 0 Å². The molecule has 1 fully saturated rings. The number of nitrogens with zero attached hydrogens (tertiary/aromatic N) is 3. The van der Waals surface area contributed by atoms with Crippen LogP contribution in [0.4, 0.5) is 31.0 Å². The molecule has 0 atom stereocenters. The summed E-state index contributed by atoms with van der Waals surface area (Å²) in [5.41, 5.74) is 2.55. The number of rotatable bonds is 6. The second-order valence-electron chi connectivity index (χ2n) is 9.25. The number of benzene rings is 1. The first-order valence-corrected chi connectivity index (χ1v) is 11.7. The highest BCUT2D eigenvalue weighted by molar-refractivity contribution is 5.89. The van der Waals surface area contributed by atoms with Crippen LogP contribution in [-0.4, -0.2) is 42.7 Å². The molecule has 1 aromatic heterocycles. The molecule has 1 heterocycles. The highest BCUT2D eigenvalue weighted by atomic mass is 19.1. The Morgan fingerprint density at radius 1 is 1.03 bits per heavy atom. The molecule has 0 unspecified atom stereocenters. The van der Waals surface area contributed by atoms with Crippen molar-refractivity contribution in [3.8, 4) is 0 Å². The molecule has 1 aromatic carbocycles. The molecule has 0 radical (unpaired) electrons. The number of carbonyl (C=O) groups is 1. The topological polar surface area (TPSA) is 82.2 Å². The number of fused-ring (bicyclic) bond motifs is 1. The number of nitrogens with one attached hydrogen (secondary N) is 3. The van der Waals surface area contributed by atoms with Crippen molar-refractivity contribution in [2.75, 3.05) is 36.2 Å². The fraction of sp³-hybridized carbons (Fsp3) is 0.542. The molecule has 4 rings (SSSR count). The average Bonchev–Trinajstić information content (AvgIpc) is 2.77. The lowest BCUT2D eigenvalue weighted by molar-refractivity contribution is 0.246. The summed E-state index contributed by atoms with van der Waals surface area (Å²) in [5.74, 6) is 0.639. The van der Waals surface area contributed by atoms with E-state index < -0.39 is 17.7 Å². The largest absolute Gasteiger partial charge is 0.362 e. The predicted octanol–water partition coefficient (Wildman–Crippen LogP) is 4.49. The number of aromatic nitrogens is 2. The van der Waals surface area contributed by atoms with E-state index in [2.05, 4.69) is 20.9 Å². The van der Waals surface area contributed by atoms with Crippen LogP contribution in [0, 0.1) is 17.6 Å². The average molecular weight is 459 g/mol. The zero-order valence-electron chi connectivity index (χ0n) is 19.3. The van der Waals surface area contributed by atoms with Gasteiger partial charge in [-0.2, -0.15) is 4.98 Å². The van der Waals surface area contributed by atoms with Crippen LogP contribution < -0.4 is 20.9 Å². The van der Waals surface area contributed by atoms with Crippen LogP contribution in [0.5, 0.6) is 0 Å². The van der Waals surface area contributed by atoms with E-state index >= 15 is 0 Å². The first-order chi connectivity index (χ1) is 15.9. The van der Waals surface area contributed by atoms with Gasteiger partial charge in [-0.05, 0) is 69.4 Å². The monoisotopic (exact) mass is 458 g/mol. The SMILES string of the molecule is CN(C)c1nc(NC2CCC(CNC(=O)Nc3cc(F)cc(F)c3)CC2)nc2c1CCCC2. The van der Waals surface area contributed by atoms with Gasteiger partial charge in [0.1, 0.15) is 17.5 Å². The minimum absolute atomic E-state index is 0.0973. The molecular weight excluding hydrogens is 426 g/mol. The number of urea groups is 1. The maximum absolute atomic E-state index is 13.3. The van der Waals surface area contributed by atoms with Gasteiger partial charge >= 0.3 is 6.03 Å². The minimum Gasteiger partial charge on any atom is -0.362 e. The van der Waals surface area contributed by atoms with Gasteiger partial charge in [0, 0.05) is 44.0 Å². The lowest BCUT2D eigenvalue weighted by Crippen LogP contribution is -2.36. The smallest absolute Gasteiger partial charge is 0.319 e. The summed E-state index contributed by atoms with van der Waals surface area (Å²) < 4.78 is 26.5. The van der Waals surface area contributed by atoms with Crippen LogP contribution in [-0.2, 0) is 12.8 Å². The normalized spacial score (nSPS) is 20.0. The van der Waals surface area contributed by atoms with Crippen LogP contribution in [0.1, 0.15) is 49.8 Å². The first kappa shape index (κ1) is 23.2. The Bertz CT molecular complexity index is 971. The van der Waals surface area contributed by atoms with Crippen molar-refractivity contribution < 1.29 is 13.6 Å². The molecule has 2 amide bonds. The molecule has 2 aliphatic carbocycles. The number of aryl methyl sites for hydroxylation is 1. The molecule has 2 aliphatic rings. The van der Waals surface area contributed by atoms with Gasteiger partial charge in [0.15, 0.2) is 0 Å². The van der Waals surface area contributed by atoms with Gasteiger partial charge < -0.3 is 20.9 Å². The van der Waals surface area contributed by atoms with Crippen molar-refractivity contribution in [1.82, 2.24) is 15.3 Å². The van der Waals surface area contributed by atoms with E-state index in [4.69, 9.17) is 9.97 Å². The van der Waals surface area contributed by atoms with Crippen LogP contribution in [0.2, 0.25) is 0 Å². The third-order valence-corrected chi connectivity index (χ3v) is 6.44. The third kappa shape index (κ3) is 6.09. The second-order valence-corrected chi connectivity index (χ2v) is 9.25. The maximum Gasteiger partial charge on any atom is 0.319 e. The summed E-state index contributed by atoms with van der Waals surface area (Å²) in [6.07, 6.45) is 8.31. The maximum atomic E-state index is 13.3. The summed E-state index contributed by atoms with van der Waals surface area (Å²) >= 11 is 0. The van der Waals surface area contributed by atoms with Gasteiger partial charge in [0.25, 0.3) is 0 Å². The Hall–Kier alpha value is -2.97. The Morgan fingerprint density at radius 3 is 2.42 bits per heavy atom. The van der Waals surface area contributed by atoms with E-state index in [1.54, 1.807) is 0 Å². The number of amides is 2. The minimum atomic E-state index is -0.725. The molecule has 178 valence electrons. The predicted molar refractivity (Wildman–Crippen MR) is 126 cm³/mol. The van der Waals surface area contributed by atoms with Crippen molar-refractivity contribution in [3.63, 3.8) is 0 Å². The summed E-state index contributed by atoms with van der Waals surface area (Å²) in [6, 6.07) is 2.79. The lowest BCUT2D eigenvalue weighted by Gasteiger charge is -2.30. The van der Waals surface area contributed by atoms with Gasteiger partial charge in [-0.3, -0.25) is 0 Å². The fourth-order valence-electron chi connectivity index (χ4n) is 4.74. The van der Waals surface area contributed by atoms with Crippen molar-refractivity contribution in [2.45, 2.75) is 57.4 Å². The molecule has 3 N–H and O–H groups in total. The zero-order chi connectivity index (χ0) is 23.4. The van der Waals surface area contributed by atoms with Crippen molar-refractivity contribution in [3.05, 3.63) is 41.1 Å². The molecule has 0 bridgehead atoms. The molecule has 33 heavy (non-hydrogen) atoms. The number of hydrogen-bond acceptors (Lipinski definition) is 5. The van der Waals surface area contributed by atoms with Crippen LogP contribution in [0.25, 0.3) is 0 Å². The summed E-state index contributed by atoms with van der Waals surface area (Å²) in [5, 5.41) is 8.83. The molecule has 7 nitrogen and oxygen atoms in total. The molecule has 9 heteroatoms. The molecule has 0 aliphatic heterocycles. The van der Waals surface area contributed by atoms with E-state index in [-0.39, 0.29) is 5.69 Å². The number of halogens is 2. The Morgan fingerprint density at radius 2 is 1.73 bits per heavy atom. The molecule has 1 saturated carbocycles. The number of hydrogen-bond donors (Lipinski definition) is 3. The summed E-state index contributed by atoms with van der Waals surface area (Å²) in [4.78, 5) is 23.8. The highest BCUT2D eigenvalue weighted by Gasteiger charge is 2.24. The van der Waals surface area contributed by atoms with E-state index in [1.165, 1.54) is 24.1 Å². The summed E-state index contributed by atoms with van der Waals surface area (Å²) in [6.45, 7) is 0.524. The van der Waals surface area contributed by atoms with Gasteiger partial charge in [-0.15, -0.1) is 0 Å². The quantitative estimate of drug-likeness (QED) is 0.594. The Kier molecular flexibility index (Phi) is 7.25. The lowest BCUT2D eigenvalue weighted by atomic mass is 9.86. The highest BCUT2D eigenvalue weighted by Crippen LogP contribution is 2.30. The van der Waals surface area contributed by atoms with E-state index in [0.29, 0.717) is 24.5 Å². The standard InChI is InChI=1S/C24H32F2N6O/c1-32(2)22-20-5-3-4-6-21(20)30-23(31-22)28-18-9-7-15(8-10-18)14-27-24(33)29-19-12-16(25)11-17(26)13-19/h11-13,15,18H,3-10,14H2,1-2H3,(H2,27,29,33)(H,28,30,31). The van der Waals surface area contributed by atoms with E-state index in [0.717, 1.165) is 62.5 Å². The molecule has 0 spiro atoms. The van der Waals surface area contributed by atoms with Crippen molar-refractivity contribution in [2.24, 2.45) is 5.92 Å². The second kappa shape index (κ2) is 10.3. The third-order valence-electron chi connectivity index (χ3n) is 6.44. The Labute approximate surface area is 193 Å². The molecular formula is C24H32F2N6O. The number of anilines is 3. The zero-order valence-corrected chi connectivity index (χ0v) is 19.3. The Balaban J connectivity index is 1.25. The fourth-order valence-corrected chi connectivity index (χ4v) is 4.74. The van der Waals surface area contributed by atoms with Gasteiger partial charge in [0.05, 0.1) is 5.69 Å². The van der Waals surface area contributed by atoms with Crippen LogP contribution in [0.3, 0.4) is 0 Å². The van der Waals surface area contributed by atoms with Gasteiger partial charge in [0.2, 0.25) is 5.95 Å². The molecule has 2 aromatic rings. The first-order valence-electron chi connectivity index (χ1n) is 11.7. The summed E-state index contributed by atoms with van der Waals surface area (Å²) in [7, 11) is 4.06.